The van der Waals surface area contributed by atoms with Gasteiger partial charge in [0, 0.05) is 0 Å². The van der Waals surface area contributed by atoms with Gasteiger partial charge >= 0.3 is 0 Å². The molecule has 2 nitrogen and oxygen atoms in total. The van der Waals surface area contributed by atoms with Crippen molar-refractivity contribution in [2.75, 3.05) is 0 Å². The van der Waals surface area contributed by atoms with E-state index in [0.29, 0.717) is 11.1 Å². The molecule has 0 spiro atoms. The molecule has 0 fully saturated rings. The second-order valence-electron chi connectivity index (χ2n) is 6.63. The molecule has 24 heavy (non-hydrogen) atoms. The number of hydrogen-bond donors (Lipinski definition) is 0. The summed E-state index contributed by atoms with van der Waals surface area (Å²) in [5.74, 6) is 0. The van der Waals surface area contributed by atoms with Gasteiger partial charge in [-0.2, -0.15) is 10.5 Å². The Morgan fingerprint density at radius 3 is 1.46 bits per heavy atom. The van der Waals surface area contributed by atoms with E-state index in [0.717, 1.165) is 24.8 Å². The molecule has 0 aliphatic carbocycles. The molecule has 129 valence electrons. The summed E-state index contributed by atoms with van der Waals surface area (Å²) in [6.45, 7) is 3.88. The fourth-order valence-corrected chi connectivity index (χ4v) is 3.06. The number of hydrogen-bond acceptors (Lipinski definition) is 2. The van der Waals surface area contributed by atoms with Crippen molar-refractivity contribution in [1.82, 2.24) is 0 Å². The highest BCUT2D eigenvalue weighted by molar-refractivity contribution is 5.42. The van der Waals surface area contributed by atoms with E-state index >= 15 is 0 Å². The summed E-state index contributed by atoms with van der Waals surface area (Å²) in [5, 5.41) is 18.0. The number of nitrogens with zero attached hydrogens (tertiary/aromatic N) is 2. The van der Waals surface area contributed by atoms with E-state index in [9.17, 15) is 0 Å². The van der Waals surface area contributed by atoms with Gasteiger partial charge in [0.15, 0.2) is 0 Å². The highest BCUT2D eigenvalue weighted by atomic mass is 14.3. The van der Waals surface area contributed by atoms with Crippen LogP contribution in [0.5, 0.6) is 0 Å². The highest BCUT2D eigenvalue weighted by Crippen LogP contribution is 2.15. The lowest BCUT2D eigenvalue weighted by Crippen LogP contribution is -1.90. The maximum Gasteiger partial charge on any atom is 0.0992 e. The van der Waals surface area contributed by atoms with Crippen LogP contribution >= 0.6 is 0 Å². The Balaban J connectivity index is 2.03. The van der Waals surface area contributed by atoms with Crippen molar-refractivity contribution in [3.05, 3.63) is 41.8 Å². The molecule has 1 aromatic rings. The Morgan fingerprint density at radius 1 is 0.625 bits per heavy atom. The van der Waals surface area contributed by atoms with E-state index in [4.69, 9.17) is 10.5 Å². The third kappa shape index (κ3) is 9.36. The molecule has 0 aliphatic rings. The number of nitriles is 2. The number of unbranched alkanes of at least 4 members (excludes halogenated alkanes) is 11. The van der Waals surface area contributed by atoms with Crippen LogP contribution in [0.1, 0.15) is 93.7 Å². The number of benzene rings is 1. The third-order valence-electron chi connectivity index (χ3n) is 4.47. The molecule has 0 aliphatic heterocycles. The normalized spacial score (nSPS) is 10.3. The van der Waals surface area contributed by atoms with E-state index in [2.05, 4.69) is 19.1 Å². The van der Waals surface area contributed by atoms with Crippen LogP contribution in [0.3, 0.4) is 0 Å². The van der Waals surface area contributed by atoms with Crippen LogP contribution < -0.4 is 0 Å². The van der Waals surface area contributed by atoms with Crippen molar-refractivity contribution in [1.29, 1.82) is 10.5 Å². The predicted octanol–water partition coefficient (Wildman–Crippen LogP) is 6.49. The fraction of sp³-hybridized carbons (Fsp3) is 0.591. The van der Waals surface area contributed by atoms with Crippen molar-refractivity contribution in [2.45, 2.75) is 83.5 Å². The summed E-state index contributed by atoms with van der Waals surface area (Å²) in [6.07, 6.45) is 16.6. The highest BCUT2D eigenvalue weighted by Gasteiger charge is 2.01. The maximum atomic E-state index is 8.99. The van der Waals surface area contributed by atoms with Crippen LogP contribution in [-0.2, 0) is 6.42 Å². The van der Waals surface area contributed by atoms with Gasteiger partial charge in [0.1, 0.15) is 0 Å². The Labute approximate surface area is 148 Å². The van der Waals surface area contributed by atoms with Gasteiger partial charge in [0.25, 0.3) is 0 Å². The van der Waals surface area contributed by atoms with Gasteiger partial charge in [0.2, 0.25) is 0 Å². The van der Waals surface area contributed by atoms with Gasteiger partial charge in [-0.05, 0) is 36.6 Å². The molecule has 0 heterocycles. The smallest absolute Gasteiger partial charge is 0.0992 e. The summed E-state index contributed by atoms with van der Waals surface area (Å²) >= 11 is 0. The molecule has 0 N–H and O–H groups in total. The predicted molar refractivity (Wildman–Crippen MR) is 100 cm³/mol. The SMILES string of the molecule is [CH2]CCCCCCCCCCCCCc1cc(C#N)cc(C#N)c1. The minimum atomic E-state index is 0.597. The van der Waals surface area contributed by atoms with Crippen molar-refractivity contribution in [2.24, 2.45) is 0 Å². The van der Waals surface area contributed by atoms with Crippen LogP contribution in [0.25, 0.3) is 0 Å². The molecule has 1 aromatic carbocycles. The van der Waals surface area contributed by atoms with Crippen molar-refractivity contribution >= 4 is 0 Å². The van der Waals surface area contributed by atoms with Crippen LogP contribution in [0.2, 0.25) is 0 Å². The molecule has 0 bridgehead atoms. The van der Waals surface area contributed by atoms with Crippen molar-refractivity contribution in [3.63, 3.8) is 0 Å². The summed E-state index contributed by atoms with van der Waals surface area (Å²) in [7, 11) is 0. The molecule has 0 saturated carbocycles. The van der Waals surface area contributed by atoms with Gasteiger partial charge in [0.05, 0.1) is 23.3 Å². The van der Waals surface area contributed by atoms with Gasteiger partial charge < -0.3 is 0 Å². The van der Waals surface area contributed by atoms with Crippen LogP contribution in [0.15, 0.2) is 18.2 Å². The minimum absolute atomic E-state index is 0.597. The summed E-state index contributed by atoms with van der Waals surface area (Å²) in [6, 6.07) is 9.75. The molecule has 0 amide bonds. The van der Waals surface area contributed by atoms with Gasteiger partial charge in [-0.1, -0.05) is 77.6 Å². The Bertz CT molecular complexity index is 502. The lowest BCUT2D eigenvalue weighted by atomic mass is 10.0. The largest absolute Gasteiger partial charge is 0.192 e. The second-order valence-corrected chi connectivity index (χ2v) is 6.63. The van der Waals surface area contributed by atoms with Crippen LogP contribution in [0, 0.1) is 29.6 Å². The molecule has 1 rings (SSSR count). The average molecular weight is 324 g/mol. The topological polar surface area (TPSA) is 47.6 Å². The van der Waals surface area contributed by atoms with E-state index in [-0.39, 0.29) is 0 Å². The van der Waals surface area contributed by atoms with E-state index < -0.39 is 0 Å². The third-order valence-corrected chi connectivity index (χ3v) is 4.47. The second kappa shape index (κ2) is 13.6. The zero-order valence-electron chi connectivity index (χ0n) is 15.0. The number of rotatable bonds is 13. The first kappa shape index (κ1) is 20.2. The molecule has 1 radical (unpaired) electrons. The van der Waals surface area contributed by atoms with Crippen LogP contribution in [-0.4, -0.2) is 0 Å². The molecule has 0 saturated heterocycles. The molecule has 0 atom stereocenters. The van der Waals surface area contributed by atoms with E-state index in [1.54, 1.807) is 6.07 Å². The van der Waals surface area contributed by atoms with Gasteiger partial charge in [-0.3, -0.25) is 0 Å². The number of aryl methyl sites for hydroxylation is 1. The monoisotopic (exact) mass is 323 g/mol. The fourth-order valence-electron chi connectivity index (χ4n) is 3.06. The lowest BCUT2D eigenvalue weighted by Gasteiger charge is -2.04. The maximum absolute atomic E-state index is 8.99. The van der Waals surface area contributed by atoms with Crippen LogP contribution in [0.4, 0.5) is 0 Å². The zero-order valence-corrected chi connectivity index (χ0v) is 15.0. The minimum Gasteiger partial charge on any atom is -0.192 e. The van der Waals surface area contributed by atoms with Crippen molar-refractivity contribution < 1.29 is 0 Å². The Kier molecular flexibility index (Phi) is 11.5. The Hall–Kier alpha value is -1.80. The molecular weight excluding hydrogens is 292 g/mol. The zero-order chi connectivity index (χ0) is 17.5. The average Bonchev–Trinajstić information content (AvgIpc) is 2.62. The Morgan fingerprint density at radius 2 is 1.04 bits per heavy atom. The van der Waals surface area contributed by atoms with E-state index in [1.807, 2.05) is 12.1 Å². The summed E-state index contributed by atoms with van der Waals surface area (Å²) in [4.78, 5) is 0. The van der Waals surface area contributed by atoms with Gasteiger partial charge in [-0.15, -0.1) is 0 Å². The quantitative estimate of drug-likeness (QED) is 0.390. The standard InChI is InChI=1S/C22H31N2/c1-2-3-4-5-6-7-8-9-10-11-12-13-14-20-15-21(18-23)17-22(16-20)19-24/h15-17H,1-14H2. The summed E-state index contributed by atoms with van der Waals surface area (Å²) in [5.41, 5.74) is 2.31. The summed E-state index contributed by atoms with van der Waals surface area (Å²) < 4.78 is 0. The molecule has 0 unspecified atom stereocenters. The first-order valence-corrected chi connectivity index (χ1v) is 9.53. The van der Waals surface area contributed by atoms with Crippen molar-refractivity contribution in [3.8, 4) is 12.1 Å². The van der Waals surface area contributed by atoms with Gasteiger partial charge in [-0.25, -0.2) is 0 Å². The molecule has 2 heteroatoms. The lowest BCUT2D eigenvalue weighted by molar-refractivity contribution is 0.546. The molecular formula is C22H31N2. The molecule has 0 aromatic heterocycles. The van der Waals surface area contributed by atoms with E-state index in [1.165, 1.54) is 64.2 Å². The first-order valence-electron chi connectivity index (χ1n) is 9.53. The first-order chi connectivity index (χ1) is 11.8.